The fourth-order valence-corrected chi connectivity index (χ4v) is 3.53. The molecular weight excluding hydrogens is 224 g/mol. The molecule has 0 saturated carbocycles. The van der Waals surface area contributed by atoms with E-state index in [1.165, 1.54) is 6.08 Å². The van der Waals surface area contributed by atoms with Crippen LogP contribution in [-0.4, -0.2) is 28.4 Å². The summed E-state index contributed by atoms with van der Waals surface area (Å²) in [4.78, 5) is 11.0. The van der Waals surface area contributed by atoms with Gasteiger partial charge in [-0.25, -0.2) is 4.79 Å². The molecule has 0 rings (SSSR count). The summed E-state index contributed by atoms with van der Waals surface area (Å²) in [6.45, 7) is 7.91. The Labute approximate surface area is 98.8 Å². The van der Waals surface area contributed by atoms with Crippen LogP contribution in [0.15, 0.2) is 12.2 Å². The highest BCUT2D eigenvalue weighted by Gasteiger charge is 2.31. The number of ether oxygens (including phenoxy) is 1. The molecule has 0 radical (unpaired) electrons. The molecule has 0 amide bonds. The molecule has 4 nitrogen and oxygen atoms in total. The quantitative estimate of drug-likeness (QED) is 0.299. The summed E-state index contributed by atoms with van der Waals surface area (Å²) in [6, 6.07) is 0.880. The Morgan fingerprint density at radius 3 is 2.50 bits per heavy atom. The van der Waals surface area contributed by atoms with Gasteiger partial charge in [-0.1, -0.05) is 19.9 Å². The molecule has 5 heteroatoms. The van der Waals surface area contributed by atoms with Gasteiger partial charge in [0, 0.05) is 13.2 Å². The molecule has 0 heterocycles. The number of rotatable bonds is 7. The first-order chi connectivity index (χ1) is 7.43. The van der Waals surface area contributed by atoms with Crippen LogP contribution < -0.4 is 0 Å². The first-order valence-electron chi connectivity index (χ1n) is 5.42. The van der Waals surface area contributed by atoms with E-state index in [-0.39, 0.29) is 12.8 Å². The van der Waals surface area contributed by atoms with Gasteiger partial charge in [0.2, 0.25) is 0 Å². The summed E-state index contributed by atoms with van der Waals surface area (Å²) in [5.41, 5.74) is 0. The minimum absolute atomic E-state index is 0.0353. The van der Waals surface area contributed by atoms with Crippen molar-refractivity contribution in [2.75, 3.05) is 13.9 Å². The van der Waals surface area contributed by atoms with Gasteiger partial charge in [-0.3, -0.25) is 0 Å². The highest BCUT2D eigenvalue weighted by molar-refractivity contribution is 6.66. The molecule has 0 aliphatic heterocycles. The van der Waals surface area contributed by atoms with Gasteiger partial charge in [0.25, 0.3) is 0 Å². The fourth-order valence-electron chi connectivity index (χ4n) is 1.34. The Bertz CT molecular complexity index is 240. The van der Waals surface area contributed by atoms with Gasteiger partial charge in [0.15, 0.2) is 6.79 Å². The largest absolute Gasteiger partial charge is 0.436 e. The van der Waals surface area contributed by atoms with Crippen molar-refractivity contribution < 1.29 is 18.4 Å². The predicted octanol–water partition coefficient (Wildman–Crippen LogP) is 2.45. The van der Waals surface area contributed by atoms with E-state index in [1.807, 2.05) is 6.55 Å². The van der Waals surface area contributed by atoms with E-state index in [1.54, 1.807) is 20.1 Å². The van der Waals surface area contributed by atoms with Gasteiger partial charge >= 0.3 is 14.5 Å². The Morgan fingerprint density at radius 2 is 2.06 bits per heavy atom. The highest BCUT2D eigenvalue weighted by Crippen LogP contribution is 2.18. The Hall–Kier alpha value is -0.653. The van der Waals surface area contributed by atoms with Crippen LogP contribution in [0.1, 0.15) is 20.8 Å². The van der Waals surface area contributed by atoms with Crippen molar-refractivity contribution in [1.29, 1.82) is 0 Å². The van der Waals surface area contributed by atoms with Crippen LogP contribution in [0.25, 0.3) is 0 Å². The summed E-state index contributed by atoms with van der Waals surface area (Å²) < 4.78 is 15.8. The van der Waals surface area contributed by atoms with Crippen LogP contribution in [0.2, 0.25) is 12.6 Å². The molecule has 0 aliphatic rings. The third-order valence-corrected chi connectivity index (χ3v) is 5.23. The topological polar surface area (TPSA) is 44.8 Å². The fraction of sp³-hybridized carbons (Fsp3) is 0.727. The van der Waals surface area contributed by atoms with Crippen molar-refractivity contribution in [3.8, 4) is 0 Å². The zero-order valence-corrected chi connectivity index (χ0v) is 11.8. The molecule has 0 aliphatic carbocycles. The van der Waals surface area contributed by atoms with Crippen molar-refractivity contribution in [2.45, 2.75) is 33.4 Å². The monoisotopic (exact) mass is 246 g/mol. The van der Waals surface area contributed by atoms with Crippen LogP contribution in [0.4, 0.5) is 0 Å². The van der Waals surface area contributed by atoms with E-state index in [0.29, 0.717) is 5.92 Å². The lowest BCUT2D eigenvalue weighted by Gasteiger charge is -2.26. The van der Waals surface area contributed by atoms with Crippen molar-refractivity contribution in [1.82, 2.24) is 0 Å². The average Bonchev–Trinajstić information content (AvgIpc) is 2.17. The Balaban J connectivity index is 3.99. The van der Waals surface area contributed by atoms with Crippen LogP contribution in [-0.2, 0) is 18.4 Å². The van der Waals surface area contributed by atoms with Gasteiger partial charge in [0.1, 0.15) is 0 Å². The molecule has 0 fully saturated rings. The second-order valence-electron chi connectivity index (χ2n) is 4.16. The van der Waals surface area contributed by atoms with E-state index in [2.05, 4.69) is 13.8 Å². The number of hydrogen-bond donors (Lipinski definition) is 0. The molecule has 0 N–H and O–H groups in total. The third-order valence-electron chi connectivity index (χ3n) is 2.08. The maximum Gasteiger partial charge on any atom is 0.337 e. The normalized spacial score (nSPS) is 15.4. The lowest BCUT2D eigenvalue weighted by molar-refractivity contribution is -0.145. The number of hydrogen-bond acceptors (Lipinski definition) is 4. The van der Waals surface area contributed by atoms with Crippen LogP contribution >= 0.6 is 0 Å². The van der Waals surface area contributed by atoms with Gasteiger partial charge in [-0.05, 0) is 25.4 Å². The van der Waals surface area contributed by atoms with E-state index < -0.39 is 8.56 Å². The molecule has 0 saturated heterocycles. The second-order valence-corrected chi connectivity index (χ2v) is 7.53. The lowest BCUT2D eigenvalue weighted by Crippen LogP contribution is -2.39. The highest BCUT2D eigenvalue weighted by atomic mass is 28.4. The Morgan fingerprint density at radius 1 is 1.44 bits per heavy atom. The van der Waals surface area contributed by atoms with Crippen LogP contribution in [0.3, 0.4) is 0 Å². The average molecular weight is 246 g/mol. The summed E-state index contributed by atoms with van der Waals surface area (Å²) in [5, 5.41) is 0. The summed E-state index contributed by atoms with van der Waals surface area (Å²) >= 11 is 0. The maximum absolute atomic E-state index is 11.0. The molecule has 0 aromatic rings. The van der Waals surface area contributed by atoms with E-state index in [9.17, 15) is 4.79 Å². The molecule has 0 aromatic heterocycles. The smallest absolute Gasteiger partial charge is 0.337 e. The van der Waals surface area contributed by atoms with Crippen molar-refractivity contribution >= 4 is 14.5 Å². The van der Waals surface area contributed by atoms with Crippen molar-refractivity contribution in [2.24, 2.45) is 5.92 Å². The SMILES string of the molecule is CC=CC(=O)OCO[Si](C)(CC(C)C)OC. The number of allylic oxidation sites excluding steroid dienone is 1. The van der Waals surface area contributed by atoms with Gasteiger partial charge < -0.3 is 13.6 Å². The molecule has 0 bridgehead atoms. The summed E-state index contributed by atoms with van der Waals surface area (Å²) in [7, 11) is -0.536. The summed E-state index contributed by atoms with van der Waals surface area (Å²) in [6.07, 6.45) is 2.99. The molecule has 1 unspecified atom stereocenters. The first-order valence-corrected chi connectivity index (χ1v) is 7.94. The Kier molecular flexibility index (Phi) is 7.28. The molecule has 1 atom stereocenters. The van der Waals surface area contributed by atoms with E-state index >= 15 is 0 Å². The number of carbonyl (C=O) groups excluding carboxylic acids is 1. The molecular formula is C11H22O4Si. The lowest BCUT2D eigenvalue weighted by atomic mass is 10.3. The van der Waals surface area contributed by atoms with Crippen molar-refractivity contribution in [3.63, 3.8) is 0 Å². The van der Waals surface area contributed by atoms with Gasteiger partial charge in [-0.2, -0.15) is 0 Å². The molecule has 0 spiro atoms. The standard InChI is InChI=1S/C11H22O4Si/c1-6-7-11(12)14-9-15-16(5,13-4)8-10(2)3/h6-7,10H,8-9H2,1-5H3. The minimum Gasteiger partial charge on any atom is -0.436 e. The first kappa shape index (κ1) is 15.3. The van der Waals surface area contributed by atoms with Gasteiger partial charge in [-0.15, -0.1) is 0 Å². The van der Waals surface area contributed by atoms with E-state index in [4.69, 9.17) is 13.6 Å². The van der Waals surface area contributed by atoms with Crippen molar-refractivity contribution in [3.05, 3.63) is 12.2 Å². The minimum atomic E-state index is -2.18. The molecule has 94 valence electrons. The van der Waals surface area contributed by atoms with Crippen LogP contribution in [0, 0.1) is 5.92 Å². The van der Waals surface area contributed by atoms with E-state index in [0.717, 1.165) is 6.04 Å². The number of carbonyl (C=O) groups is 1. The van der Waals surface area contributed by atoms with Crippen LogP contribution in [0.5, 0.6) is 0 Å². The number of esters is 1. The third kappa shape index (κ3) is 6.76. The molecule has 0 aromatic carbocycles. The zero-order chi connectivity index (χ0) is 12.6. The molecule has 16 heavy (non-hydrogen) atoms. The second kappa shape index (κ2) is 7.59. The predicted molar refractivity (Wildman–Crippen MR) is 65.1 cm³/mol. The zero-order valence-electron chi connectivity index (χ0n) is 10.8. The maximum atomic E-state index is 11.0. The summed E-state index contributed by atoms with van der Waals surface area (Å²) in [5.74, 6) is 0.113. The van der Waals surface area contributed by atoms with Gasteiger partial charge in [0.05, 0.1) is 0 Å².